The van der Waals surface area contributed by atoms with Gasteiger partial charge in [0.1, 0.15) is 6.29 Å². The molecule has 0 spiro atoms. The zero-order chi connectivity index (χ0) is 10.1. The Labute approximate surface area is 78.5 Å². The molecule has 74 valence electrons. The molecule has 1 saturated heterocycles. The van der Waals surface area contributed by atoms with Crippen molar-refractivity contribution in [1.29, 1.82) is 0 Å². The summed E-state index contributed by atoms with van der Waals surface area (Å²) in [5.74, 6) is 0. The highest BCUT2D eigenvalue weighted by Gasteiger charge is 2.34. The molecule has 0 aliphatic carbocycles. The van der Waals surface area contributed by atoms with Crippen molar-refractivity contribution in [2.24, 2.45) is 0 Å². The third kappa shape index (κ3) is 1.99. The van der Waals surface area contributed by atoms with Crippen LogP contribution in [0.5, 0.6) is 0 Å². The molecular weight excluding hydrogens is 168 g/mol. The minimum Gasteiger partial charge on any atom is -0.318 e. The fourth-order valence-electron chi connectivity index (χ4n) is 1.46. The van der Waals surface area contributed by atoms with E-state index in [-0.39, 0.29) is 18.1 Å². The van der Waals surface area contributed by atoms with Crippen molar-refractivity contribution in [3.63, 3.8) is 0 Å². The minimum absolute atomic E-state index is 0.0281. The van der Waals surface area contributed by atoms with E-state index in [9.17, 15) is 9.59 Å². The van der Waals surface area contributed by atoms with Gasteiger partial charge < -0.3 is 14.6 Å². The van der Waals surface area contributed by atoms with Gasteiger partial charge in [0.15, 0.2) is 0 Å². The first kappa shape index (κ1) is 10.0. The lowest BCUT2D eigenvalue weighted by molar-refractivity contribution is -0.108. The van der Waals surface area contributed by atoms with Gasteiger partial charge in [-0.15, -0.1) is 0 Å². The van der Waals surface area contributed by atoms with Crippen molar-refractivity contribution in [3.05, 3.63) is 0 Å². The molecule has 0 unspecified atom stereocenters. The molecule has 0 saturated carbocycles. The summed E-state index contributed by atoms with van der Waals surface area (Å²) in [5, 5.41) is 0. The first-order valence-corrected chi connectivity index (χ1v) is 4.47. The average molecular weight is 184 g/mol. The standard InChI is InChI=1S/C9H16N2O2/c1-9(2,3)11-5-4-10(6-7-12)8(11)13/h7H,4-6H2,1-3H3. The highest BCUT2D eigenvalue weighted by molar-refractivity contribution is 5.79. The zero-order valence-corrected chi connectivity index (χ0v) is 8.41. The number of aldehydes is 1. The van der Waals surface area contributed by atoms with Crippen molar-refractivity contribution >= 4 is 12.3 Å². The first-order valence-electron chi connectivity index (χ1n) is 4.47. The number of urea groups is 1. The molecule has 0 aromatic carbocycles. The number of amides is 2. The van der Waals surface area contributed by atoms with E-state index in [2.05, 4.69) is 0 Å². The third-order valence-electron chi connectivity index (χ3n) is 2.20. The van der Waals surface area contributed by atoms with Crippen molar-refractivity contribution in [2.45, 2.75) is 26.3 Å². The van der Waals surface area contributed by atoms with Gasteiger partial charge in [0, 0.05) is 18.6 Å². The molecule has 0 N–H and O–H groups in total. The lowest BCUT2D eigenvalue weighted by atomic mass is 10.1. The van der Waals surface area contributed by atoms with Crippen LogP contribution in [0.1, 0.15) is 20.8 Å². The molecule has 0 atom stereocenters. The predicted octanol–water partition coefficient (Wildman–Crippen LogP) is 0.721. The second kappa shape index (κ2) is 3.36. The quantitative estimate of drug-likeness (QED) is 0.593. The van der Waals surface area contributed by atoms with Gasteiger partial charge in [-0.25, -0.2) is 4.79 Å². The molecule has 0 bridgehead atoms. The number of carbonyl (C=O) groups excluding carboxylic acids is 2. The zero-order valence-electron chi connectivity index (χ0n) is 8.41. The van der Waals surface area contributed by atoms with Gasteiger partial charge in [-0.05, 0) is 20.8 Å². The summed E-state index contributed by atoms with van der Waals surface area (Å²) >= 11 is 0. The van der Waals surface area contributed by atoms with Gasteiger partial charge in [0.05, 0.1) is 6.54 Å². The van der Waals surface area contributed by atoms with Crippen LogP contribution in [0.15, 0.2) is 0 Å². The Morgan fingerprint density at radius 2 is 2.00 bits per heavy atom. The van der Waals surface area contributed by atoms with Crippen LogP contribution in [-0.2, 0) is 4.79 Å². The topological polar surface area (TPSA) is 40.6 Å². The summed E-state index contributed by atoms with van der Waals surface area (Å²) in [7, 11) is 0. The number of nitrogens with zero attached hydrogens (tertiary/aromatic N) is 2. The Kier molecular flexibility index (Phi) is 2.59. The molecular formula is C9H16N2O2. The lowest BCUT2D eigenvalue weighted by Crippen LogP contribution is -2.44. The third-order valence-corrected chi connectivity index (χ3v) is 2.20. The van der Waals surface area contributed by atoms with E-state index in [1.165, 1.54) is 0 Å². The predicted molar refractivity (Wildman–Crippen MR) is 49.5 cm³/mol. The Morgan fingerprint density at radius 3 is 2.38 bits per heavy atom. The Bertz CT molecular complexity index is 220. The molecule has 1 aliphatic rings. The van der Waals surface area contributed by atoms with E-state index >= 15 is 0 Å². The van der Waals surface area contributed by atoms with Gasteiger partial charge in [0.2, 0.25) is 0 Å². The second-order valence-electron chi connectivity index (χ2n) is 4.22. The lowest BCUT2D eigenvalue weighted by Gasteiger charge is -2.31. The van der Waals surface area contributed by atoms with Crippen molar-refractivity contribution in [3.8, 4) is 0 Å². The monoisotopic (exact) mass is 184 g/mol. The molecule has 13 heavy (non-hydrogen) atoms. The average Bonchev–Trinajstić information content (AvgIpc) is 2.32. The second-order valence-corrected chi connectivity index (χ2v) is 4.22. The molecule has 0 aromatic heterocycles. The largest absolute Gasteiger partial charge is 0.320 e. The summed E-state index contributed by atoms with van der Waals surface area (Å²) in [6.07, 6.45) is 0.768. The summed E-state index contributed by atoms with van der Waals surface area (Å²) in [6, 6.07) is -0.0281. The maximum atomic E-state index is 11.6. The molecule has 0 radical (unpaired) electrons. The van der Waals surface area contributed by atoms with E-state index < -0.39 is 0 Å². The van der Waals surface area contributed by atoms with Crippen LogP contribution in [0.4, 0.5) is 4.79 Å². The molecule has 1 rings (SSSR count). The van der Waals surface area contributed by atoms with Gasteiger partial charge in [-0.2, -0.15) is 0 Å². The van der Waals surface area contributed by atoms with Gasteiger partial charge >= 0.3 is 6.03 Å². The SMILES string of the molecule is CC(C)(C)N1CCN(CC=O)C1=O. The molecule has 4 nitrogen and oxygen atoms in total. The molecule has 1 aliphatic heterocycles. The molecule has 2 amide bonds. The highest BCUT2D eigenvalue weighted by atomic mass is 16.2. The molecule has 0 aromatic rings. The van der Waals surface area contributed by atoms with Crippen LogP contribution in [0.25, 0.3) is 0 Å². The van der Waals surface area contributed by atoms with E-state index in [0.29, 0.717) is 6.54 Å². The van der Waals surface area contributed by atoms with Crippen LogP contribution in [-0.4, -0.2) is 47.3 Å². The fraction of sp³-hybridized carbons (Fsp3) is 0.778. The minimum atomic E-state index is -0.144. The van der Waals surface area contributed by atoms with Crippen LogP contribution in [0.2, 0.25) is 0 Å². The summed E-state index contributed by atoms with van der Waals surface area (Å²) in [6.45, 7) is 7.58. The van der Waals surface area contributed by atoms with E-state index in [1.54, 1.807) is 9.80 Å². The number of carbonyl (C=O) groups is 2. The fourth-order valence-corrected chi connectivity index (χ4v) is 1.46. The summed E-state index contributed by atoms with van der Waals surface area (Å²) in [5.41, 5.74) is -0.144. The van der Waals surface area contributed by atoms with Gasteiger partial charge in [-0.1, -0.05) is 0 Å². The smallest absolute Gasteiger partial charge is 0.318 e. The van der Waals surface area contributed by atoms with Crippen LogP contribution >= 0.6 is 0 Å². The molecule has 1 fully saturated rings. The Hall–Kier alpha value is -1.06. The van der Waals surface area contributed by atoms with Crippen LogP contribution < -0.4 is 0 Å². The van der Waals surface area contributed by atoms with E-state index in [4.69, 9.17) is 0 Å². The van der Waals surface area contributed by atoms with Crippen LogP contribution in [0, 0.1) is 0 Å². The Morgan fingerprint density at radius 1 is 1.38 bits per heavy atom. The van der Waals surface area contributed by atoms with E-state index in [1.807, 2.05) is 20.8 Å². The molecule has 4 heteroatoms. The van der Waals surface area contributed by atoms with Gasteiger partial charge in [0.25, 0.3) is 0 Å². The van der Waals surface area contributed by atoms with E-state index in [0.717, 1.165) is 12.8 Å². The highest BCUT2D eigenvalue weighted by Crippen LogP contribution is 2.19. The summed E-state index contributed by atoms with van der Waals surface area (Å²) < 4.78 is 0. The maximum Gasteiger partial charge on any atom is 0.320 e. The number of hydrogen-bond acceptors (Lipinski definition) is 2. The van der Waals surface area contributed by atoms with Crippen molar-refractivity contribution < 1.29 is 9.59 Å². The molecule has 1 heterocycles. The Balaban J connectivity index is 2.65. The number of rotatable bonds is 2. The summed E-state index contributed by atoms with van der Waals surface area (Å²) in [4.78, 5) is 25.2. The van der Waals surface area contributed by atoms with Gasteiger partial charge in [-0.3, -0.25) is 0 Å². The maximum absolute atomic E-state index is 11.6. The normalized spacial score (nSPS) is 18.2. The van der Waals surface area contributed by atoms with Crippen molar-refractivity contribution in [2.75, 3.05) is 19.6 Å². The first-order chi connectivity index (χ1) is 5.96. The van der Waals surface area contributed by atoms with Crippen LogP contribution in [0.3, 0.4) is 0 Å². The van der Waals surface area contributed by atoms with Crippen molar-refractivity contribution in [1.82, 2.24) is 9.80 Å². The number of hydrogen-bond donors (Lipinski definition) is 0.